The molecule has 0 spiro atoms. The smallest absolute Gasteiger partial charge is 0.309 e. The van der Waals surface area contributed by atoms with Gasteiger partial charge in [-0.05, 0) is 12.1 Å². The molecular formula is C11H11FO3. The lowest BCUT2D eigenvalue weighted by Gasteiger charge is -1.98. The first-order valence-electron chi connectivity index (χ1n) is 4.35. The zero-order valence-electron chi connectivity index (χ0n) is 8.24. The van der Waals surface area contributed by atoms with Gasteiger partial charge in [0.1, 0.15) is 11.6 Å². The Morgan fingerprint density at radius 2 is 2.33 bits per heavy atom. The number of phenols is 1. The second-order valence-corrected chi connectivity index (χ2v) is 2.89. The van der Waals surface area contributed by atoms with Crippen molar-refractivity contribution >= 4 is 12.0 Å². The Hall–Kier alpha value is -1.84. The van der Waals surface area contributed by atoms with E-state index in [1.54, 1.807) is 6.08 Å². The molecule has 0 aromatic heterocycles. The Bertz CT molecular complexity index is 385. The van der Waals surface area contributed by atoms with Gasteiger partial charge >= 0.3 is 5.97 Å². The molecule has 0 fully saturated rings. The van der Waals surface area contributed by atoms with Crippen LogP contribution in [0.15, 0.2) is 24.3 Å². The monoisotopic (exact) mass is 210 g/mol. The SMILES string of the molecule is COC(=O)CC=Cc1ccc(F)cc1O. The molecule has 0 atom stereocenters. The van der Waals surface area contributed by atoms with Crippen LogP contribution >= 0.6 is 0 Å². The number of rotatable bonds is 3. The number of phenolic OH excluding ortho intramolecular Hbond substituents is 1. The van der Waals surface area contributed by atoms with Gasteiger partial charge in [-0.3, -0.25) is 4.79 Å². The van der Waals surface area contributed by atoms with Gasteiger partial charge in [0.25, 0.3) is 0 Å². The number of hydrogen-bond donors (Lipinski definition) is 1. The normalized spacial score (nSPS) is 10.5. The molecule has 15 heavy (non-hydrogen) atoms. The molecule has 0 aliphatic heterocycles. The van der Waals surface area contributed by atoms with Crippen molar-refractivity contribution in [1.82, 2.24) is 0 Å². The Balaban J connectivity index is 2.68. The van der Waals surface area contributed by atoms with Crippen LogP contribution in [-0.2, 0) is 9.53 Å². The third-order valence-corrected chi connectivity index (χ3v) is 1.80. The number of carbonyl (C=O) groups excluding carboxylic acids is 1. The molecule has 1 rings (SSSR count). The van der Waals surface area contributed by atoms with E-state index in [1.165, 1.54) is 25.3 Å². The number of halogens is 1. The van der Waals surface area contributed by atoms with Crippen LogP contribution in [0.4, 0.5) is 4.39 Å². The minimum Gasteiger partial charge on any atom is -0.507 e. The fourth-order valence-corrected chi connectivity index (χ4v) is 1.02. The Morgan fingerprint density at radius 3 is 2.93 bits per heavy atom. The topological polar surface area (TPSA) is 46.5 Å². The Kier molecular flexibility index (Phi) is 3.85. The Labute approximate surface area is 86.8 Å². The van der Waals surface area contributed by atoms with Crippen LogP contribution in [0.1, 0.15) is 12.0 Å². The highest BCUT2D eigenvalue weighted by Crippen LogP contribution is 2.19. The minimum absolute atomic E-state index is 0.118. The van der Waals surface area contributed by atoms with E-state index in [-0.39, 0.29) is 18.1 Å². The number of aromatic hydroxyl groups is 1. The molecule has 0 bridgehead atoms. The van der Waals surface area contributed by atoms with Gasteiger partial charge < -0.3 is 9.84 Å². The van der Waals surface area contributed by atoms with Crippen molar-refractivity contribution in [3.63, 3.8) is 0 Å². The summed E-state index contributed by atoms with van der Waals surface area (Å²) in [4.78, 5) is 10.7. The average Bonchev–Trinajstić information content (AvgIpc) is 2.21. The summed E-state index contributed by atoms with van der Waals surface area (Å²) in [5.41, 5.74) is 0.459. The van der Waals surface area contributed by atoms with E-state index < -0.39 is 5.82 Å². The molecule has 4 heteroatoms. The molecule has 0 unspecified atom stereocenters. The molecule has 0 heterocycles. The fourth-order valence-electron chi connectivity index (χ4n) is 1.02. The summed E-state index contributed by atoms with van der Waals surface area (Å²) in [5.74, 6) is -1.03. The van der Waals surface area contributed by atoms with Crippen LogP contribution < -0.4 is 0 Å². The molecule has 0 saturated heterocycles. The zero-order valence-corrected chi connectivity index (χ0v) is 8.24. The number of esters is 1. The number of benzene rings is 1. The van der Waals surface area contributed by atoms with E-state index in [0.717, 1.165) is 6.07 Å². The lowest BCUT2D eigenvalue weighted by Crippen LogP contribution is -1.96. The molecule has 3 nitrogen and oxygen atoms in total. The fraction of sp³-hybridized carbons (Fsp3) is 0.182. The predicted octanol–water partition coefficient (Wildman–Crippen LogP) is 2.11. The van der Waals surface area contributed by atoms with Gasteiger partial charge in [0.15, 0.2) is 0 Å². The van der Waals surface area contributed by atoms with Crippen molar-refractivity contribution in [2.24, 2.45) is 0 Å². The van der Waals surface area contributed by atoms with Gasteiger partial charge in [-0.2, -0.15) is 0 Å². The summed E-state index contributed by atoms with van der Waals surface area (Å²) >= 11 is 0. The first kappa shape index (κ1) is 11.2. The molecule has 1 N–H and O–H groups in total. The van der Waals surface area contributed by atoms with Gasteiger partial charge in [0.05, 0.1) is 13.5 Å². The number of carbonyl (C=O) groups is 1. The second kappa shape index (κ2) is 5.14. The third kappa shape index (κ3) is 3.42. The lowest BCUT2D eigenvalue weighted by atomic mass is 10.1. The van der Waals surface area contributed by atoms with Crippen molar-refractivity contribution < 1.29 is 19.0 Å². The number of methoxy groups -OCH3 is 1. The summed E-state index contributed by atoms with van der Waals surface area (Å²) in [7, 11) is 1.30. The van der Waals surface area contributed by atoms with Crippen LogP contribution in [0.3, 0.4) is 0 Å². The highest BCUT2D eigenvalue weighted by Gasteiger charge is 1.99. The van der Waals surface area contributed by atoms with Gasteiger partial charge in [-0.15, -0.1) is 0 Å². The first-order chi connectivity index (χ1) is 7.13. The van der Waals surface area contributed by atoms with E-state index in [0.29, 0.717) is 5.56 Å². The first-order valence-corrected chi connectivity index (χ1v) is 4.35. The molecule has 0 amide bonds. The van der Waals surface area contributed by atoms with Crippen LogP contribution in [0.5, 0.6) is 5.75 Å². The summed E-state index contributed by atoms with van der Waals surface area (Å²) in [5, 5.41) is 9.31. The standard InChI is InChI=1S/C11H11FO3/c1-15-11(14)4-2-3-8-5-6-9(12)7-10(8)13/h2-3,5-7,13H,4H2,1H3. The maximum atomic E-state index is 12.6. The van der Waals surface area contributed by atoms with Crippen molar-refractivity contribution in [2.45, 2.75) is 6.42 Å². The second-order valence-electron chi connectivity index (χ2n) is 2.89. The highest BCUT2D eigenvalue weighted by molar-refractivity contribution is 5.72. The van der Waals surface area contributed by atoms with Crippen molar-refractivity contribution in [3.05, 3.63) is 35.7 Å². The molecule has 80 valence electrons. The van der Waals surface area contributed by atoms with Crippen LogP contribution in [-0.4, -0.2) is 18.2 Å². The molecule has 0 saturated carbocycles. The van der Waals surface area contributed by atoms with Gasteiger partial charge in [0.2, 0.25) is 0 Å². The maximum absolute atomic E-state index is 12.6. The average molecular weight is 210 g/mol. The maximum Gasteiger partial charge on any atom is 0.309 e. The van der Waals surface area contributed by atoms with Gasteiger partial charge in [-0.25, -0.2) is 4.39 Å². The van der Waals surface area contributed by atoms with E-state index >= 15 is 0 Å². The molecule has 0 aliphatic carbocycles. The van der Waals surface area contributed by atoms with Crippen molar-refractivity contribution in [2.75, 3.05) is 7.11 Å². The van der Waals surface area contributed by atoms with Gasteiger partial charge in [0, 0.05) is 11.6 Å². The largest absolute Gasteiger partial charge is 0.507 e. The third-order valence-electron chi connectivity index (χ3n) is 1.80. The van der Waals surface area contributed by atoms with E-state index in [2.05, 4.69) is 4.74 Å². The zero-order chi connectivity index (χ0) is 11.3. The van der Waals surface area contributed by atoms with E-state index in [9.17, 15) is 14.3 Å². The van der Waals surface area contributed by atoms with E-state index in [4.69, 9.17) is 0 Å². The molecule has 0 aliphatic rings. The summed E-state index contributed by atoms with van der Waals surface area (Å²) in [6.07, 6.45) is 3.19. The minimum atomic E-state index is -0.502. The van der Waals surface area contributed by atoms with Crippen molar-refractivity contribution in [3.8, 4) is 5.75 Å². The van der Waals surface area contributed by atoms with E-state index in [1.807, 2.05) is 0 Å². The predicted molar refractivity (Wildman–Crippen MR) is 53.7 cm³/mol. The Morgan fingerprint density at radius 1 is 1.60 bits per heavy atom. The molecule has 1 aromatic rings. The highest BCUT2D eigenvalue weighted by atomic mass is 19.1. The summed E-state index contributed by atoms with van der Waals surface area (Å²) < 4.78 is 17.0. The number of ether oxygens (including phenoxy) is 1. The quantitative estimate of drug-likeness (QED) is 0.777. The molecular weight excluding hydrogens is 199 g/mol. The van der Waals surface area contributed by atoms with Crippen LogP contribution in [0.25, 0.3) is 6.08 Å². The summed E-state index contributed by atoms with van der Waals surface area (Å²) in [6.45, 7) is 0. The number of hydrogen-bond acceptors (Lipinski definition) is 3. The van der Waals surface area contributed by atoms with Crippen molar-refractivity contribution in [1.29, 1.82) is 0 Å². The summed E-state index contributed by atoms with van der Waals surface area (Å²) in [6, 6.07) is 3.67. The van der Waals surface area contributed by atoms with Gasteiger partial charge in [-0.1, -0.05) is 12.2 Å². The molecule has 1 aromatic carbocycles. The van der Waals surface area contributed by atoms with Crippen LogP contribution in [0, 0.1) is 5.82 Å². The van der Waals surface area contributed by atoms with Crippen LogP contribution in [0.2, 0.25) is 0 Å². The lowest BCUT2D eigenvalue weighted by molar-refractivity contribution is -0.139. The molecule has 0 radical (unpaired) electrons.